The van der Waals surface area contributed by atoms with Crippen molar-refractivity contribution in [1.29, 1.82) is 0 Å². The van der Waals surface area contributed by atoms with Crippen LogP contribution in [0.5, 0.6) is 5.88 Å². The molecule has 2 atom stereocenters. The molecular weight excluding hydrogens is 923 g/mol. The Morgan fingerprint density at radius 3 is 2.18 bits per heavy atom. The topological polar surface area (TPSA) is 138 Å². The minimum Gasteiger partial charge on any atom is -0.516 e. The van der Waals surface area contributed by atoms with Gasteiger partial charge in [-0.25, -0.2) is 4.98 Å². The SMILES string of the molecule is C#CCC.C=C/C(=C\C=C(/C)CC(=O)N1CCN(C(CC)CC(C)CC)CC1)NC/N=C1/CN(c2cnc3c(c2C)NCCO3)CC/C1=C/C.C=C1NC(=O)CCN1c1ccc(C)cc1.C=CO.CCC.CCC. The van der Waals surface area contributed by atoms with Crippen molar-refractivity contribution in [3.63, 3.8) is 0 Å². The fourth-order valence-electron chi connectivity index (χ4n) is 8.22. The van der Waals surface area contributed by atoms with Crippen molar-refractivity contribution in [3.05, 3.63) is 115 Å². The van der Waals surface area contributed by atoms with E-state index in [2.05, 4.69) is 144 Å². The zero-order chi connectivity index (χ0) is 55.4. The third kappa shape index (κ3) is 23.7. The molecule has 3 saturated heterocycles. The number of aliphatic imine (C=N–C) groups is 1. The second-order valence-electron chi connectivity index (χ2n) is 18.8. The number of allylic oxidation sites excluding steroid dienone is 4. The van der Waals surface area contributed by atoms with Gasteiger partial charge in [-0.15, -0.1) is 12.3 Å². The Morgan fingerprint density at radius 1 is 0.986 bits per heavy atom. The Bertz CT molecular complexity index is 2160. The number of aliphatic hydroxyl groups excluding tert-OH is 1. The minimum absolute atomic E-state index is 0.0448. The van der Waals surface area contributed by atoms with Crippen LogP contribution in [0.3, 0.4) is 0 Å². The number of piperazine rings is 1. The number of benzene rings is 1. The molecule has 4 aliphatic rings. The number of amides is 2. The van der Waals surface area contributed by atoms with Crippen molar-refractivity contribution < 1.29 is 19.4 Å². The molecule has 74 heavy (non-hydrogen) atoms. The van der Waals surface area contributed by atoms with Crippen LogP contribution in [0.4, 0.5) is 17.1 Å². The number of fused-ring (bicyclic) bond motifs is 1. The van der Waals surface area contributed by atoms with Crippen LogP contribution in [0.2, 0.25) is 0 Å². The van der Waals surface area contributed by atoms with Crippen molar-refractivity contribution in [2.45, 2.75) is 147 Å². The molecule has 13 heteroatoms. The van der Waals surface area contributed by atoms with Gasteiger partial charge in [-0.2, -0.15) is 0 Å². The van der Waals surface area contributed by atoms with Gasteiger partial charge in [0.2, 0.25) is 17.7 Å². The number of aryl methyl sites for hydroxylation is 1. The third-order valence-corrected chi connectivity index (χ3v) is 12.5. The van der Waals surface area contributed by atoms with Gasteiger partial charge in [0.25, 0.3) is 0 Å². The first-order valence-corrected chi connectivity index (χ1v) is 27.2. The molecule has 4 aliphatic heterocycles. The van der Waals surface area contributed by atoms with Crippen molar-refractivity contribution in [2.75, 3.05) is 80.8 Å². The molecule has 0 bridgehead atoms. The lowest BCUT2D eigenvalue weighted by molar-refractivity contribution is -0.132. The van der Waals surface area contributed by atoms with Gasteiger partial charge in [-0.05, 0) is 82.7 Å². The highest BCUT2D eigenvalue weighted by molar-refractivity contribution is 6.04. The number of aromatic nitrogens is 1. The van der Waals surface area contributed by atoms with Gasteiger partial charge in [0.15, 0.2) is 0 Å². The zero-order valence-corrected chi connectivity index (χ0v) is 47.9. The van der Waals surface area contributed by atoms with Crippen LogP contribution in [0, 0.1) is 32.1 Å². The molecule has 3 fully saturated rings. The van der Waals surface area contributed by atoms with Crippen LogP contribution in [0.1, 0.15) is 138 Å². The summed E-state index contributed by atoms with van der Waals surface area (Å²) in [6.07, 6.45) is 24.3. The summed E-state index contributed by atoms with van der Waals surface area (Å²) in [5, 5.41) is 16.9. The first kappa shape index (κ1) is 65.8. The molecule has 0 radical (unpaired) electrons. The lowest BCUT2D eigenvalue weighted by atomic mass is 9.96. The monoisotopic (exact) mass is 1020 g/mol. The molecule has 0 spiro atoms. The number of terminal acetylenes is 1. The molecule has 410 valence electrons. The predicted molar refractivity (Wildman–Crippen MR) is 316 cm³/mol. The van der Waals surface area contributed by atoms with Gasteiger partial charge in [-0.3, -0.25) is 19.5 Å². The number of pyridine rings is 1. The van der Waals surface area contributed by atoms with Gasteiger partial charge in [0.1, 0.15) is 24.8 Å². The molecule has 2 unspecified atom stereocenters. The summed E-state index contributed by atoms with van der Waals surface area (Å²) < 4.78 is 5.73. The van der Waals surface area contributed by atoms with Gasteiger partial charge in [0, 0.05) is 88.1 Å². The molecule has 1 aromatic carbocycles. The standard InChI is InChI=1S/C37H57N7O2.C12H14N2O.C4H6.2C3H8.C2H4O/c1-8-27(5)22-32(11-4)42-17-19-43(20-18-42)35(45)23-28(6)12-13-31(10-3)40-26-41-33-25-44(16-14-30(33)9-2)34-24-39-37-36(29(34)7)38-15-21-46-37;1-9-3-5-11(6-4-9)14-8-7-12(15)13-10(14)2;1-3-4-2;2*1-3-2;1-2-3/h9-10,12-13,24,27,32,38,40H,3,8,11,14-23,25-26H2,1-2,4-7H3;3-6H,2,7-8H2,1H3,(H,13,15);1H,4H2,2H3;2*3H2,1-2H3;2-3H,1H2/b28-12+,30-9-,31-13+,41-33-;;;;;. The summed E-state index contributed by atoms with van der Waals surface area (Å²) in [6, 6.07) is 8.81. The van der Waals surface area contributed by atoms with Crippen LogP contribution < -0.4 is 30.5 Å². The first-order valence-electron chi connectivity index (χ1n) is 27.2. The predicted octanol–water partition coefficient (Wildman–Crippen LogP) is 12.4. The molecule has 2 amide bonds. The molecule has 5 heterocycles. The largest absolute Gasteiger partial charge is 0.516 e. The number of nitrogens with one attached hydrogen (secondary N) is 3. The number of hydrogen-bond acceptors (Lipinski definition) is 11. The second kappa shape index (κ2) is 38.3. The van der Waals surface area contributed by atoms with Crippen LogP contribution in [-0.4, -0.2) is 109 Å². The summed E-state index contributed by atoms with van der Waals surface area (Å²) in [7, 11) is 0. The highest BCUT2D eigenvalue weighted by atomic mass is 16.5. The number of rotatable bonds is 14. The van der Waals surface area contributed by atoms with Gasteiger partial charge in [-0.1, -0.05) is 130 Å². The van der Waals surface area contributed by atoms with Crippen LogP contribution >= 0.6 is 0 Å². The third-order valence-electron chi connectivity index (χ3n) is 12.5. The lowest BCUT2D eigenvalue weighted by Gasteiger charge is -2.40. The highest BCUT2D eigenvalue weighted by Crippen LogP contribution is 2.36. The maximum Gasteiger partial charge on any atom is 0.237 e. The van der Waals surface area contributed by atoms with Crippen LogP contribution in [0.25, 0.3) is 0 Å². The first-order chi connectivity index (χ1) is 35.6. The number of piperidine rings is 1. The summed E-state index contributed by atoms with van der Waals surface area (Å²) in [5.41, 5.74) is 9.85. The van der Waals surface area contributed by atoms with E-state index in [-0.39, 0.29) is 11.8 Å². The number of aliphatic hydroxyl groups is 1. The molecule has 13 nitrogen and oxygen atoms in total. The molecule has 2 aromatic rings. The number of carbonyl (C=O) groups is 2. The average Bonchev–Trinajstić information content (AvgIpc) is 3.40. The van der Waals surface area contributed by atoms with Crippen molar-refractivity contribution in [2.24, 2.45) is 10.9 Å². The Balaban J connectivity index is 0.000000795. The van der Waals surface area contributed by atoms with E-state index in [1.165, 1.54) is 43.2 Å². The Hall–Kier alpha value is -6.26. The van der Waals surface area contributed by atoms with Gasteiger partial charge >= 0.3 is 0 Å². The summed E-state index contributed by atoms with van der Waals surface area (Å²) in [4.78, 5) is 42.7. The van der Waals surface area contributed by atoms with E-state index >= 15 is 0 Å². The van der Waals surface area contributed by atoms with E-state index in [1.54, 1.807) is 6.08 Å². The maximum absolute atomic E-state index is 13.1. The highest BCUT2D eigenvalue weighted by Gasteiger charge is 2.27. The van der Waals surface area contributed by atoms with E-state index in [9.17, 15) is 9.59 Å². The number of ether oxygens (including phenoxy) is 1. The normalized spacial score (nSPS) is 17.3. The molecular formula is C61H97N9O4. The zero-order valence-electron chi connectivity index (χ0n) is 47.9. The minimum atomic E-state index is 0.0448. The molecule has 4 N–H and O–H groups in total. The van der Waals surface area contributed by atoms with E-state index < -0.39 is 0 Å². The number of hydrogen-bond donors (Lipinski definition) is 4. The fourth-order valence-corrected chi connectivity index (χ4v) is 8.22. The van der Waals surface area contributed by atoms with Gasteiger partial charge < -0.3 is 40.5 Å². The van der Waals surface area contributed by atoms with Crippen molar-refractivity contribution >= 4 is 34.6 Å². The molecule has 0 aliphatic carbocycles. The van der Waals surface area contributed by atoms with E-state index in [0.717, 1.165) is 110 Å². The lowest BCUT2D eigenvalue weighted by Crippen LogP contribution is -2.52. The van der Waals surface area contributed by atoms with Crippen LogP contribution in [0.15, 0.2) is 108 Å². The van der Waals surface area contributed by atoms with Crippen LogP contribution in [-0.2, 0) is 9.59 Å². The van der Waals surface area contributed by atoms with Crippen molar-refractivity contribution in [1.82, 2.24) is 25.4 Å². The quantitative estimate of drug-likeness (QED) is 0.0822. The van der Waals surface area contributed by atoms with Gasteiger partial charge in [0.05, 0.1) is 30.4 Å². The second-order valence-corrected chi connectivity index (χ2v) is 18.8. The van der Waals surface area contributed by atoms with E-state index in [4.69, 9.17) is 21.3 Å². The Kier molecular flexibility index (Phi) is 34.1. The summed E-state index contributed by atoms with van der Waals surface area (Å²) >= 11 is 0. The smallest absolute Gasteiger partial charge is 0.237 e. The summed E-state index contributed by atoms with van der Waals surface area (Å²) in [5.74, 6) is 4.78. The Morgan fingerprint density at radius 2 is 1.62 bits per heavy atom. The molecule has 1 aromatic heterocycles. The fraction of sp³-hybridized carbons (Fsp3) is 0.541. The van der Waals surface area contributed by atoms with E-state index in [0.29, 0.717) is 50.4 Å². The number of anilines is 3. The van der Waals surface area contributed by atoms with Crippen molar-refractivity contribution in [3.8, 4) is 18.2 Å². The Labute approximate surface area is 449 Å². The number of carbonyl (C=O) groups excluding carboxylic acids is 2. The van der Waals surface area contributed by atoms with E-state index in [1.807, 2.05) is 54.1 Å². The molecule has 6 rings (SSSR count). The number of nitrogens with zero attached hydrogens (tertiary/aromatic N) is 6. The maximum atomic E-state index is 13.1. The summed E-state index contributed by atoms with van der Waals surface area (Å²) in [6.45, 7) is 44.2. The molecule has 0 saturated carbocycles. The average molecular weight is 1020 g/mol.